The first-order valence-corrected chi connectivity index (χ1v) is 3.71. The van der Waals surface area contributed by atoms with Gasteiger partial charge in [-0.05, 0) is 6.07 Å². The number of fused-ring (bicyclic) bond motifs is 1. The van der Waals surface area contributed by atoms with Gasteiger partial charge in [0.1, 0.15) is 0 Å². The number of hydrogen-bond acceptors (Lipinski definition) is 2. The van der Waals surface area contributed by atoms with Gasteiger partial charge in [-0.2, -0.15) is 0 Å². The van der Waals surface area contributed by atoms with E-state index < -0.39 is 0 Å². The van der Waals surface area contributed by atoms with Crippen LogP contribution in [0.15, 0.2) is 30.3 Å². The van der Waals surface area contributed by atoms with Gasteiger partial charge >= 0.3 is 0 Å². The third-order valence-corrected chi connectivity index (χ3v) is 1.73. The zero-order valence-electron chi connectivity index (χ0n) is 6.45. The Balaban J connectivity index is 2.47. The number of aliphatic hydroxyl groups excluding tert-OH is 1. The number of aromatic amines is 1. The van der Waals surface area contributed by atoms with Crippen molar-refractivity contribution in [3.05, 3.63) is 30.3 Å². The maximum Gasteiger partial charge on any atom is 0.194 e. The van der Waals surface area contributed by atoms with Crippen molar-refractivity contribution in [3.8, 4) is 5.88 Å². The van der Waals surface area contributed by atoms with Gasteiger partial charge in [-0.25, -0.2) is 0 Å². The Hall–Kier alpha value is -1.48. The Labute approximate surface area is 69.6 Å². The number of nitrogens with one attached hydrogen (secondary N) is 1. The maximum atomic E-state index is 8.50. The van der Waals surface area contributed by atoms with Gasteiger partial charge in [0.15, 0.2) is 12.7 Å². The van der Waals surface area contributed by atoms with Crippen molar-refractivity contribution in [3.63, 3.8) is 0 Å². The van der Waals surface area contributed by atoms with Gasteiger partial charge in [-0.1, -0.05) is 18.2 Å². The van der Waals surface area contributed by atoms with E-state index in [2.05, 4.69) is 4.98 Å². The van der Waals surface area contributed by atoms with Crippen molar-refractivity contribution in [2.75, 3.05) is 6.79 Å². The van der Waals surface area contributed by atoms with Crippen LogP contribution in [0.2, 0.25) is 0 Å². The molecule has 0 saturated carbocycles. The molecule has 3 nitrogen and oxygen atoms in total. The molecular formula is C9H9NO2. The van der Waals surface area contributed by atoms with Crippen molar-refractivity contribution >= 4 is 10.9 Å². The van der Waals surface area contributed by atoms with Crippen molar-refractivity contribution in [1.29, 1.82) is 0 Å². The predicted molar refractivity (Wildman–Crippen MR) is 46.0 cm³/mol. The van der Waals surface area contributed by atoms with Crippen LogP contribution in [0.3, 0.4) is 0 Å². The van der Waals surface area contributed by atoms with E-state index in [-0.39, 0.29) is 6.79 Å². The molecule has 1 aromatic carbocycles. The maximum absolute atomic E-state index is 8.50. The summed E-state index contributed by atoms with van der Waals surface area (Å²) in [5.74, 6) is 0.596. The number of benzene rings is 1. The van der Waals surface area contributed by atoms with E-state index in [0.717, 1.165) is 10.9 Å². The normalized spacial score (nSPS) is 10.4. The molecule has 0 unspecified atom stereocenters. The highest BCUT2D eigenvalue weighted by Crippen LogP contribution is 2.19. The molecule has 0 radical (unpaired) electrons. The summed E-state index contributed by atoms with van der Waals surface area (Å²) in [6.07, 6.45) is 0. The molecule has 2 rings (SSSR count). The highest BCUT2D eigenvalue weighted by Gasteiger charge is 1.98. The molecule has 1 aromatic heterocycles. The molecule has 0 aliphatic carbocycles. The van der Waals surface area contributed by atoms with Gasteiger partial charge in [0.25, 0.3) is 0 Å². The van der Waals surface area contributed by atoms with E-state index in [1.807, 2.05) is 30.3 Å². The van der Waals surface area contributed by atoms with Crippen LogP contribution in [0.1, 0.15) is 0 Å². The summed E-state index contributed by atoms with van der Waals surface area (Å²) in [6.45, 7) is -0.299. The molecule has 0 aliphatic heterocycles. The second-order valence-electron chi connectivity index (χ2n) is 2.49. The molecule has 2 N–H and O–H groups in total. The third-order valence-electron chi connectivity index (χ3n) is 1.73. The molecule has 0 spiro atoms. The molecule has 0 atom stereocenters. The number of aliphatic hydroxyl groups is 1. The van der Waals surface area contributed by atoms with Crippen LogP contribution in [-0.2, 0) is 0 Å². The molecule has 0 bridgehead atoms. The van der Waals surface area contributed by atoms with Gasteiger partial charge in [0.2, 0.25) is 0 Å². The van der Waals surface area contributed by atoms with E-state index in [4.69, 9.17) is 9.84 Å². The second-order valence-corrected chi connectivity index (χ2v) is 2.49. The summed E-state index contributed by atoms with van der Waals surface area (Å²) >= 11 is 0. The molecule has 62 valence electrons. The van der Waals surface area contributed by atoms with Crippen LogP contribution in [0.25, 0.3) is 10.9 Å². The molecule has 0 amide bonds. The second kappa shape index (κ2) is 2.87. The molecular weight excluding hydrogens is 154 g/mol. The fourth-order valence-electron chi connectivity index (χ4n) is 1.19. The Bertz CT molecular complexity index is 348. The minimum absolute atomic E-state index is 0.299. The van der Waals surface area contributed by atoms with E-state index >= 15 is 0 Å². The number of hydrogen-bond donors (Lipinski definition) is 2. The summed E-state index contributed by atoms with van der Waals surface area (Å²) in [5.41, 5.74) is 1.01. The number of rotatable bonds is 2. The van der Waals surface area contributed by atoms with Crippen molar-refractivity contribution in [1.82, 2.24) is 4.98 Å². The quantitative estimate of drug-likeness (QED) is 0.659. The summed E-state index contributed by atoms with van der Waals surface area (Å²) in [6, 6.07) is 9.70. The van der Waals surface area contributed by atoms with E-state index in [1.165, 1.54) is 0 Å². The molecule has 3 heteroatoms. The zero-order valence-corrected chi connectivity index (χ0v) is 6.45. The van der Waals surface area contributed by atoms with Crippen molar-refractivity contribution in [2.45, 2.75) is 0 Å². The largest absolute Gasteiger partial charge is 0.453 e. The average molecular weight is 163 g/mol. The lowest BCUT2D eigenvalue weighted by Gasteiger charge is -1.94. The molecule has 12 heavy (non-hydrogen) atoms. The minimum atomic E-state index is -0.299. The molecule has 1 heterocycles. The number of H-pyrrole nitrogens is 1. The fraction of sp³-hybridized carbons (Fsp3) is 0.111. The minimum Gasteiger partial charge on any atom is -0.453 e. The summed E-state index contributed by atoms with van der Waals surface area (Å²) < 4.78 is 4.89. The van der Waals surface area contributed by atoms with Crippen LogP contribution in [-0.4, -0.2) is 16.9 Å². The number of aromatic nitrogens is 1. The van der Waals surface area contributed by atoms with E-state index in [1.54, 1.807) is 0 Å². The first-order valence-electron chi connectivity index (χ1n) is 3.71. The fourth-order valence-corrected chi connectivity index (χ4v) is 1.19. The highest BCUT2D eigenvalue weighted by atomic mass is 16.6. The SMILES string of the molecule is OCOc1cc2ccccc2[nH]1. The van der Waals surface area contributed by atoms with Crippen LogP contribution in [0, 0.1) is 0 Å². The number of ether oxygens (including phenoxy) is 1. The van der Waals surface area contributed by atoms with Gasteiger partial charge < -0.3 is 14.8 Å². The van der Waals surface area contributed by atoms with Crippen molar-refractivity contribution in [2.24, 2.45) is 0 Å². The number of para-hydroxylation sites is 1. The van der Waals surface area contributed by atoms with Gasteiger partial charge in [0.05, 0.1) is 0 Å². The van der Waals surface area contributed by atoms with E-state index in [9.17, 15) is 0 Å². The molecule has 0 saturated heterocycles. The molecule has 2 aromatic rings. The summed E-state index contributed by atoms with van der Waals surface area (Å²) in [4.78, 5) is 3.01. The Morgan fingerprint density at radius 2 is 2.17 bits per heavy atom. The zero-order chi connectivity index (χ0) is 8.39. The van der Waals surface area contributed by atoms with Gasteiger partial charge in [0, 0.05) is 17.0 Å². The summed E-state index contributed by atoms with van der Waals surface area (Å²) in [5, 5.41) is 9.59. The Morgan fingerprint density at radius 3 is 2.92 bits per heavy atom. The Kier molecular flexibility index (Phi) is 1.72. The van der Waals surface area contributed by atoms with Crippen LogP contribution in [0.4, 0.5) is 0 Å². The lowest BCUT2D eigenvalue weighted by atomic mass is 10.3. The Morgan fingerprint density at radius 1 is 1.33 bits per heavy atom. The smallest absolute Gasteiger partial charge is 0.194 e. The van der Waals surface area contributed by atoms with Crippen molar-refractivity contribution < 1.29 is 9.84 Å². The van der Waals surface area contributed by atoms with Crippen LogP contribution >= 0.6 is 0 Å². The third kappa shape index (κ3) is 1.14. The van der Waals surface area contributed by atoms with Gasteiger partial charge in [-0.15, -0.1) is 0 Å². The molecule has 0 fully saturated rings. The standard InChI is InChI=1S/C9H9NO2/c11-6-12-9-5-7-3-1-2-4-8(7)10-9/h1-5,10-11H,6H2. The lowest BCUT2D eigenvalue weighted by Crippen LogP contribution is -1.93. The summed E-state index contributed by atoms with van der Waals surface area (Å²) in [7, 11) is 0. The van der Waals surface area contributed by atoms with Crippen LogP contribution < -0.4 is 4.74 Å². The predicted octanol–water partition coefficient (Wildman–Crippen LogP) is 1.50. The average Bonchev–Trinajstić information content (AvgIpc) is 2.47. The van der Waals surface area contributed by atoms with Gasteiger partial charge in [-0.3, -0.25) is 0 Å². The lowest BCUT2D eigenvalue weighted by molar-refractivity contribution is 0.0949. The first-order chi connectivity index (χ1) is 5.90. The highest BCUT2D eigenvalue weighted by molar-refractivity contribution is 5.81. The molecule has 0 aliphatic rings. The topological polar surface area (TPSA) is 45.2 Å². The monoisotopic (exact) mass is 163 g/mol. The van der Waals surface area contributed by atoms with E-state index in [0.29, 0.717) is 5.88 Å². The first kappa shape index (κ1) is 7.18. The van der Waals surface area contributed by atoms with Crippen LogP contribution in [0.5, 0.6) is 5.88 Å².